The van der Waals surface area contributed by atoms with Crippen LogP contribution in [0.5, 0.6) is 11.5 Å². The molecule has 33 heavy (non-hydrogen) atoms. The second kappa shape index (κ2) is 11.6. The van der Waals surface area contributed by atoms with Gasteiger partial charge in [0.15, 0.2) is 18.1 Å². The summed E-state index contributed by atoms with van der Waals surface area (Å²) in [5.41, 5.74) is 3.66. The summed E-state index contributed by atoms with van der Waals surface area (Å²) in [6.07, 6.45) is 1.47. The van der Waals surface area contributed by atoms with E-state index in [1.54, 1.807) is 30.3 Å². The SMILES string of the molecule is COc1cc(/C=N\OCc2ccccc2C#N)cc(Cl)c1OCC(=O)Nc1ccc(C)cc1. The fourth-order valence-electron chi connectivity index (χ4n) is 2.89. The molecule has 0 aliphatic carbocycles. The van der Waals surface area contributed by atoms with Crippen LogP contribution >= 0.6 is 11.6 Å². The van der Waals surface area contributed by atoms with Crippen molar-refractivity contribution in [2.24, 2.45) is 5.16 Å². The number of carbonyl (C=O) groups is 1. The molecule has 0 fully saturated rings. The molecule has 0 saturated carbocycles. The van der Waals surface area contributed by atoms with Crippen molar-refractivity contribution < 1.29 is 19.1 Å². The first-order valence-corrected chi connectivity index (χ1v) is 10.4. The van der Waals surface area contributed by atoms with E-state index >= 15 is 0 Å². The molecule has 0 unspecified atom stereocenters. The van der Waals surface area contributed by atoms with Crippen molar-refractivity contribution >= 4 is 29.4 Å². The first-order valence-electron chi connectivity index (χ1n) is 10.0. The maximum Gasteiger partial charge on any atom is 0.262 e. The highest BCUT2D eigenvalue weighted by atomic mass is 35.5. The minimum Gasteiger partial charge on any atom is -0.493 e. The number of nitriles is 1. The number of hydrogen-bond acceptors (Lipinski definition) is 6. The number of anilines is 1. The molecule has 0 spiro atoms. The molecule has 8 heteroatoms. The number of benzene rings is 3. The fraction of sp³-hybridized carbons (Fsp3) is 0.160. The van der Waals surface area contributed by atoms with Crippen molar-refractivity contribution in [3.8, 4) is 17.6 Å². The van der Waals surface area contributed by atoms with Crippen LogP contribution in [0.2, 0.25) is 5.02 Å². The average Bonchev–Trinajstić information content (AvgIpc) is 2.82. The summed E-state index contributed by atoms with van der Waals surface area (Å²) in [6.45, 7) is 1.89. The Morgan fingerprint density at radius 2 is 1.94 bits per heavy atom. The summed E-state index contributed by atoms with van der Waals surface area (Å²) in [5.74, 6) is 0.273. The molecule has 0 aliphatic rings. The molecule has 0 aromatic heterocycles. The Morgan fingerprint density at radius 1 is 1.18 bits per heavy atom. The van der Waals surface area contributed by atoms with Gasteiger partial charge < -0.3 is 19.6 Å². The second-order valence-corrected chi connectivity index (χ2v) is 7.42. The van der Waals surface area contributed by atoms with Crippen molar-refractivity contribution in [1.82, 2.24) is 0 Å². The van der Waals surface area contributed by atoms with E-state index in [1.807, 2.05) is 37.3 Å². The molecule has 3 aromatic carbocycles. The summed E-state index contributed by atoms with van der Waals surface area (Å²) in [6, 6.07) is 20.0. The molecule has 0 bridgehead atoms. The van der Waals surface area contributed by atoms with Crippen molar-refractivity contribution in [3.63, 3.8) is 0 Å². The Hall–Kier alpha value is -4.02. The first-order chi connectivity index (χ1) is 16.0. The maximum atomic E-state index is 12.2. The van der Waals surface area contributed by atoms with E-state index in [0.717, 1.165) is 11.1 Å². The van der Waals surface area contributed by atoms with Gasteiger partial charge in [0.1, 0.15) is 6.61 Å². The van der Waals surface area contributed by atoms with Crippen LogP contribution in [0.1, 0.15) is 22.3 Å². The largest absolute Gasteiger partial charge is 0.493 e. The van der Waals surface area contributed by atoms with E-state index < -0.39 is 0 Å². The topological polar surface area (TPSA) is 92.9 Å². The Balaban J connectivity index is 1.60. The van der Waals surface area contributed by atoms with Gasteiger partial charge in [-0.2, -0.15) is 5.26 Å². The third-order valence-corrected chi connectivity index (χ3v) is 4.85. The van der Waals surface area contributed by atoms with Gasteiger partial charge in [-0.15, -0.1) is 0 Å². The highest BCUT2D eigenvalue weighted by Gasteiger charge is 2.14. The fourth-order valence-corrected chi connectivity index (χ4v) is 3.16. The van der Waals surface area contributed by atoms with Gasteiger partial charge in [-0.25, -0.2) is 0 Å². The number of aryl methyl sites for hydroxylation is 1. The summed E-state index contributed by atoms with van der Waals surface area (Å²) >= 11 is 6.35. The summed E-state index contributed by atoms with van der Waals surface area (Å²) in [5, 5.41) is 16.1. The zero-order valence-electron chi connectivity index (χ0n) is 18.2. The van der Waals surface area contributed by atoms with E-state index in [2.05, 4.69) is 16.5 Å². The average molecular weight is 464 g/mol. The van der Waals surface area contributed by atoms with Gasteiger partial charge in [0.25, 0.3) is 5.91 Å². The van der Waals surface area contributed by atoms with Crippen LogP contribution in [0.3, 0.4) is 0 Å². The minimum absolute atomic E-state index is 0.155. The van der Waals surface area contributed by atoms with Crippen LogP contribution in [0, 0.1) is 18.3 Å². The number of methoxy groups -OCH3 is 1. The highest BCUT2D eigenvalue weighted by molar-refractivity contribution is 6.32. The molecule has 7 nitrogen and oxygen atoms in total. The zero-order valence-corrected chi connectivity index (χ0v) is 18.9. The van der Waals surface area contributed by atoms with Gasteiger partial charge in [0.05, 0.1) is 30.0 Å². The van der Waals surface area contributed by atoms with Gasteiger partial charge in [-0.3, -0.25) is 4.79 Å². The summed E-state index contributed by atoms with van der Waals surface area (Å²) < 4.78 is 11.0. The molecular weight excluding hydrogens is 442 g/mol. The van der Waals surface area contributed by atoms with Crippen LogP contribution in [-0.2, 0) is 16.2 Å². The summed E-state index contributed by atoms with van der Waals surface area (Å²) in [4.78, 5) is 17.5. The lowest BCUT2D eigenvalue weighted by atomic mass is 10.1. The lowest BCUT2D eigenvalue weighted by molar-refractivity contribution is -0.118. The summed E-state index contributed by atoms with van der Waals surface area (Å²) in [7, 11) is 1.47. The van der Waals surface area contributed by atoms with Crippen LogP contribution in [-0.4, -0.2) is 25.8 Å². The van der Waals surface area contributed by atoms with Crippen LogP contribution in [0.15, 0.2) is 65.8 Å². The molecule has 0 heterocycles. The molecule has 0 atom stereocenters. The Labute approximate surface area is 197 Å². The number of amides is 1. The van der Waals surface area contributed by atoms with Gasteiger partial charge in [-0.05, 0) is 37.3 Å². The lowest BCUT2D eigenvalue weighted by Gasteiger charge is -2.13. The van der Waals surface area contributed by atoms with E-state index in [-0.39, 0.29) is 29.9 Å². The molecule has 0 saturated heterocycles. The molecular formula is C25H22ClN3O4. The van der Waals surface area contributed by atoms with E-state index in [1.165, 1.54) is 13.3 Å². The molecule has 1 amide bonds. The van der Waals surface area contributed by atoms with E-state index in [9.17, 15) is 4.79 Å². The lowest BCUT2D eigenvalue weighted by Crippen LogP contribution is -2.20. The third kappa shape index (κ3) is 6.73. The van der Waals surface area contributed by atoms with Crippen molar-refractivity contribution in [1.29, 1.82) is 5.26 Å². The van der Waals surface area contributed by atoms with Crippen LogP contribution in [0.25, 0.3) is 0 Å². The van der Waals surface area contributed by atoms with Gasteiger partial charge in [0.2, 0.25) is 0 Å². The molecule has 0 aliphatic heterocycles. The second-order valence-electron chi connectivity index (χ2n) is 7.01. The maximum absolute atomic E-state index is 12.2. The number of rotatable bonds is 9. The Bertz CT molecular complexity index is 1190. The minimum atomic E-state index is -0.325. The Morgan fingerprint density at radius 3 is 2.67 bits per heavy atom. The zero-order chi connectivity index (χ0) is 23.6. The normalized spacial score (nSPS) is 10.5. The van der Waals surface area contributed by atoms with Crippen molar-refractivity contribution in [2.75, 3.05) is 19.0 Å². The van der Waals surface area contributed by atoms with Crippen LogP contribution in [0.4, 0.5) is 5.69 Å². The van der Waals surface area contributed by atoms with E-state index in [0.29, 0.717) is 22.6 Å². The van der Waals surface area contributed by atoms with Crippen LogP contribution < -0.4 is 14.8 Å². The number of ether oxygens (including phenoxy) is 2. The third-order valence-electron chi connectivity index (χ3n) is 4.57. The van der Waals surface area contributed by atoms with Crippen molar-refractivity contribution in [3.05, 3.63) is 87.9 Å². The predicted molar refractivity (Wildman–Crippen MR) is 127 cm³/mol. The number of nitrogens with zero attached hydrogens (tertiary/aromatic N) is 2. The smallest absolute Gasteiger partial charge is 0.262 e. The number of carbonyl (C=O) groups excluding carboxylic acids is 1. The number of nitrogens with one attached hydrogen (secondary N) is 1. The van der Waals surface area contributed by atoms with E-state index in [4.69, 9.17) is 31.2 Å². The van der Waals surface area contributed by atoms with Crippen molar-refractivity contribution in [2.45, 2.75) is 13.5 Å². The molecule has 1 N–H and O–H groups in total. The predicted octanol–water partition coefficient (Wildman–Crippen LogP) is 5.10. The van der Waals surface area contributed by atoms with Gasteiger partial charge in [0, 0.05) is 16.8 Å². The molecule has 3 aromatic rings. The number of oxime groups is 1. The Kier molecular flexibility index (Phi) is 8.28. The quantitative estimate of drug-likeness (QED) is 0.352. The molecule has 3 rings (SSSR count). The first kappa shape index (κ1) is 23.6. The van der Waals surface area contributed by atoms with Gasteiger partial charge >= 0.3 is 0 Å². The number of hydrogen-bond donors (Lipinski definition) is 1. The monoisotopic (exact) mass is 463 g/mol. The number of halogens is 1. The molecule has 0 radical (unpaired) electrons. The van der Waals surface area contributed by atoms with Gasteiger partial charge in [-0.1, -0.05) is 52.7 Å². The molecule has 168 valence electrons. The standard InChI is InChI=1S/C25H22ClN3O4/c1-17-7-9-21(10-8-17)29-24(30)16-32-25-22(26)11-18(12-23(25)31-2)14-28-33-15-20-6-4-3-5-19(20)13-27/h3-12,14H,15-16H2,1-2H3,(H,29,30)/b28-14-. The highest BCUT2D eigenvalue weighted by Crippen LogP contribution is 2.36.